The highest BCUT2D eigenvalue weighted by Gasteiger charge is 2.13. The van der Waals surface area contributed by atoms with Gasteiger partial charge in [0.25, 0.3) is 0 Å². The lowest BCUT2D eigenvalue weighted by Crippen LogP contribution is -3.03. The number of nitrogens with one attached hydrogen (secondary N) is 1. The minimum Gasteiger partial charge on any atom is -0.327 e. The molecule has 0 saturated carbocycles. The van der Waals surface area contributed by atoms with E-state index in [0.717, 1.165) is 6.67 Å². The monoisotopic (exact) mass is 113 g/mol. The molecule has 0 fully saturated rings. The van der Waals surface area contributed by atoms with Crippen LogP contribution in [0.1, 0.15) is 6.92 Å². The summed E-state index contributed by atoms with van der Waals surface area (Å²) in [6.45, 7) is 3.25. The second-order valence-corrected chi connectivity index (χ2v) is 2.49. The second-order valence-electron chi connectivity index (χ2n) is 2.49. The molecule has 1 aliphatic heterocycles. The number of hydrogen-bond acceptors (Lipinski definition) is 1. The van der Waals surface area contributed by atoms with Gasteiger partial charge in [0.15, 0.2) is 6.67 Å². The predicted octanol–water partition coefficient (Wildman–Crippen LogP) is -0.735. The van der Waals surface area contributed by atoms with E-state index >= 15 is 0 Å². The topological polar surface area (TPSA) is 7.68 Å². The largest absolute Gasteiger partial charge is 0.327 e. The van der Waals surface area contributed by atoms with Gasteiger partial charge in [-0.1, -0.05) is 0 Å². The van der Waals surface area contributed by atoms with Crippen molar-refractivity contribution in [3.8, 4) is 0 Å². The van der Waals surface area contributed by atoms with Gasteiger partial charge in [0.05, 0.1) is 12.7 Å². The summed E-state index contributed by atoms with van der Waals surface area (Å²) < 4.78 is 0. The number of quaternary nitrogens is 1. The van der Waals surface area contributed by atoms with Crippen molar-refractivity contribution in [3.05, 3.63) is 11.9 Å². The van der Waals surface area contributed by atoms with Crippen LogP contribution in [0.5, 0.6) is 0 Å². The summed E-state index contributed by atoms with van der Waals surface area (Å²) in [5.41, 5.74) is 1.38. The molecule has 1 heterocycles. The maximum Gasteiger partial charge on any atom is 0.156 e. The first-order chi connectivity index (χ1) is 3.70. The summed E-state index contributed by atoms with van der Waals surface area (Å²) in [4.78, 5) is 3.71. The first kappa shape index (κ1) is 5.63. The van der Waals surface area contributed by atoms with Gasteiger partial charge in [-0.3, -0.25) is 4.90 Å². The molecular formula is C6H13N2+. The summed E-state index contributed by atoms with van der Waals surface area (Å²) in [7, 11) is 4.27. The van der Waals surface area contributed by atoms with Crippen molar-refractivity contribution >= 4 is 0 Å². The van der Waals surface area contributed by atoms with Gasteiger partial charge >= 0.3 is 0 Å². The van der Waals surface area contributed by atoms with Crippen molar-refractivity contribution in [3.63, 3.8) is 0 Å². The predicted molar refractivity (Wildman–Crippen MR) is 33.3 cm³/mol. The molecule has 1 aliphatic rings. The third-order valence-corrected chi connectivity index (χ3v) is 1.54. The molecule has 46 valence electrons. The quantitative estimate of drug-likeness (QED) is 0.435. The maximum absolute atomic E-state index is 2.25. The van der Waals surface area contributed by atoms with Gasteiger partial charge < -0.3 is 4.90 Å². The van der Waals surface area contributed by atoms with Crippen LogP contribution in [-0.4, -0.2) is 25.7 Å². The van der Waals surface area contributed by atoms with E-state index < -0.39 is 0 Å². The smallest absolute Gasteiger partial charge is 0.156 e. The summed E-state index contributed by atoms with van der Waals surface area (Å²) >= 11 is 0. The zero-order chi connectivity index (χ0) is 6.15. The Bertz CT molecular complexity index is 118. The molecule has 0 aliphatic carbocycles. The van der Waals surface area contributed by atoms with Gasteiger partial charge in [-0.2, -0.15) is 0 Å². The van der Waals surface area contributed by atoms with Crippen LogP contribution in [0.25, 0.3) is 0 Å². The van der Waals surface area contributed by atoms with Gasteiger partial charge in [0, 0.05) is 7.05 Å². The number of nitrogens with zero attached hydrogens (tertiary/aromatic N) is 1. The molecule has 0 amide bonds. The Hall–Kier alpha value is -0.500. The third-order valence-electron chi connectivity index (χ3n) is 1.54. The van der Waals surface area contributed by atoms with Crippen LogP contribution in [0.3, 0.4) is 0 Å². The molecule has 0 spiro atoms. The fourth-order valence-corrected chi connectivity index (χ4v) is 1.01. The van der Waals surface area contributed by atoms with Gasteiger partial charge in [-0.25, -0.2) is 0 Å². The third kappa shape index (κ3) is 0.842. The maximum atomic E-state index is 2.25. The second kappa shape index (κ2) is 1.78. The van der Waals surface area contributed by atoms with Gasteiger partial charge in [0.1, 0.15) is 6.20 Å². The van der Waals surface area contributed by atoms with Crippen LogP contribution in [0.4, 0.5) is 0 Å². The normalized spacial score (nSPS) is 28.6. The van der Waals surface area contributed by atoms with Crippen molar-refractivity contribution < 1.29 is 4.90 Å². The molecule has 8 heavy (non-hydrogen) atoms. The van der Waals surface area contributed by atoms with Crippen molar-refractivity contribution in [2.24, 2.45) is 0 Å². The number of rotatable bonds is 0. The summed E-state index contributed by atoms with van der Waals surface area (Å²) in [6, 6.07) is 0. The van der Waals surface area contributed by atoms with E-state index in [1.165, 1.54) is 10.6 Å². The number of hydrogen-bond donors (Lipinski definition) is 1. The highest BCUT2D eigenvalue weighted by molar-refractivity contribution is 4.92. The lowest BCUT2D eigenvalue weighted by Gasteiger charge is -2.08. The lowest BCUT2D eigenvalue weighted by molar-refractivity contribution is -0.826. The first-order valence-electron chi connectivity index (χ1n) is 2.92. The molecule has 2 nitrogen and oxygen atoms in total. The fraction of sp³-hybridized carbons (Fsp3) is 0.667. The first-order valence-corrected chi connectivity index (χ1v) is 2.92. The fourth-order valence-electron chi connectivity index (χ4n) is 1.01. The van der Waals surface area contributed by atoms with Crippen LogP contribution in [0.15, 0.2) is 11.9 Å². The van der Waals surface area contributed by atoms with Crippen LogP contribution in [-0.2, 0) is 0 Å². The Morgan fingerprint density at radius 3 is 2.50 bits per heavy atom. The van der Waals surface area contributed by atoms with Crippen LogP contribution in [0.2, 0.25) is 0 Å². The lowest BCUT2D eigenvalue weighted by atomic mass is 10.5. The molecule has 0 bridgehead atoms. The summed E-state index contributed by atoms with van der Waals surface area (Å²) in [5.74, 6) is 0. The van der Waals surface area contributed by atoms with Gasteiger partial charge in [-0.05, 0) is 6.92 Å². The molecule has 1 rings (SSSR count). The molecule has 1 unspecified atom stereocenters. The minimum atomic E-state index is 1.12. The molecule has 1 N–H and O–H groups in total. The molecule has 1 atom stereocenters. The van der Waals surface area contributed by atoms with Gasteiger partial charge in [0.2, 0.25) is 0 Å². The van der Waals surface area contributed by atoms with Crippen LogP contribution in [0, 0.1) is 0 Å². The Kier molecular flexibility index (Phi) is 1.26. The number of allylic oxidation sites excluding steroid dienone is 1. The van der Waals surface area contributed by atoms with E-state index in [-0.39, 0.29) is 0 Å². The Balaban J connectivity index is 2.59. The van der Waals surface area contributed by atoms with E-state index in [1.54, 1.807) is 0 Å². The van der Waals surface area contributed by atoms with E-state index in [2.05, 4.69) is 32.1 Å². The zero-order valence-corrected chi connectivity index (χ0v) is 5.73. The average Bonchev–Trinajstić information content (AvgIpc) is 1.85. The van der Waals surface area contributed by atoms with Crippen molar-refractivity contribution in [2.45, 2.75) is 6.92 Å². The highest BCUT2D eigenvalue weighted by Crippen LogP contribution is 1.96. The standard InChI is InChI=1S/C6H12N2/c1-6-4-7(2)5-8(6)3/h4H,5H2,1-3H3/p+1. The Morgan fingerprint density at radius 1 is 1.75 bits per heavy atom. The molecule has 0 aromatic rings. The Morgan fingerprint density at radius 2 is 2.38 bits per heavy atom. The van der Waals surface area contributed by atoms with E-state index in [1.807, 2.05) is 0 Å². The summed E-state index contributed by atoms with van der Waals surface area (Å²) in [6.07, 6.45) is 2.22. The molecule has 0 aromatic carbocycles. The zero-order valence-electron chi connectivity index (χ0n) is 5.73. The van der Waals surface area contributed by atoms with Crippen molar-refractivity contribution in [1.82, 2.24) is 4.90 Å². The molecule has 0 saturated heterocycles. The van der Waals surface area contributed by atoms with Crippen molar-refractivity contribution in [2.75, 3.05) is 20.8 Å². The SMILES string of the molecule is CC1=C[NH+](C)CN1C. The van der Waals surface area contributed by atoms with E-state index in [0.29, 0.717) is 0 Å². The van der Waals surface area contributed by atoms with Crippen molar-refractivity contribution in [1.29, 1.82) is 0 Å². The van der Waals surface area contributed by atoms with Crippen LogP contribution < -0.4 is 4.90 Å². The molecule has 0 radical (unpaired) electrons. The Labute approximate surface area is 50.4 Å². The van der Waals surface area contributed by atoms with Gasteiger partial charge in [-0.15, -0.1) is 0 Å². The minimum absolute atomic E-state index is 1.12. The highest BCUT2D eigenvalue weighted by atomic mass is 15.3. The van der Waals surface area contributed by atoms with E-state index in [4.69, 9.17) is 0 Å². The summed E-state index contributed by atoms with van der Waals surface area (Å²) in [5, 5.41) is 0. The van der Waals surface area contributed by atoms with E-state index in [9.17, 15) is 0 Å². The molecule has 0 aromatic heterocycles. The average molecular weight is 113 g/mol. The molecular weight excluding hydrogens is 100 g/mol. The molecule has 2 heteroatoms. The van der Waals surface area contributed by atoms with Crippen LogP contribution >= 0.6 is 0 Å².